The second-order valence-electron chi connectivity index (χ2n) is 5.02. The molecule has 3 rings (SSSR count). The standard InChI is InChI=1S/C17H11F3O2.C2H6.2CH2O/c1-2-10-3-5-12-13-6-4-11(9-17(18,19)20)8-15(13)22-16(21)14(12)7-10;3*1-2/h2-8H,1,9H2;1-2H3;2*1H2. The average Bonchev–Trinajstić information content (AvgIpc) is 2.71. The van der Waals surface area contributed by atoms with Gasteiger partial charge in [0.05, 0.1) is 11.8 Å². The molecule has 28 heavy (non-hydrogen) atoms. The Balaban J connectivity index is 0.00000111. The molecule has 0 N–H and O–H groups in total. The zero-order valence-electron chi connectivity index (χ0n) is 15.6. The lowest BCUT2D eigenvalue weighted by molar-refractivity contribution is -0.127. The Morgan fingerprint density at radius 1 is 0.929 bits per heavy atom. The molecule has 0 unspecified atom stereocenters. The highest BCUT2D eigenvalue weighted by Crippen LogP contribution is 2.27. The van der Waals surface area contributed by atoms with Gasteiger partial charge in [0.25, 0.3) is 0 Å². The van der Waals surface area contributed by atoms with Crippen LogP contribution in [0.25, 0.3) is 27.8 Å². The minimum Gasteiger partial charge on any atom is -0.422 e. The van der Waals surface area contributed by atoms with Gasteiger partial charge in [-0.3, -0.25) is 0 Å². The minimum atomic E-state index is -4.30. The van der Waals surface area contributed by atoms with Crippen LogP contribution in [-0.2, 0) is 16.0 Å². The summed E-state index contributed by atoms with van der Waals surface area (Å²) in [6.45, 7) is 11.6. The molecule has 1 aromatic heterocycles. The fraction of sp³-hybridized carbons (Fsp3) is 0.190. The van der Waals surface area contributed by atoms with Crippen LogP contribution in [0.1, 0.15) is 25.0 Å². The molecule has 0 aliphatic rings. The van der Waals surface area contributed by atoms with E-state index < -0.39 is 18.2 Å². The number of rotatable bonds is 2. The number of alkyl halides is 3. The Hall–Kier alpha value is -3.22. The van der Waals surface area contributed by atoms with Gasteiger partial charge < -0.3 is 14.0 Å². The Morgan fingerprint density at radius 2 is 1.50 bits per heavy atom. The smallest absolute Gasteiger partial charge is 0.393 e. The van der Waals surface area contributed by atoms with Crippen molar-refractivity contribution in [1.82, 2.24) is 0 Å². The Bertz CT molecular complexity index is 973. The lowest BCUT2D eigenvalue weighted by Gasteiger charge is -2.08. The van der Waals surface area contributed by atoms with Gasteiger partial charge in [-0.1, -0.05) is 50.8 Å². The van der Waals surface area contributed by atoms with Gasteiger partial charge in [-0.05, 0) is 28.6 Å². The molecule has 0 radical (unpaired) electrons. The molecule has 0 aliphatic heterocycles. The molecule has 0 spiro atoms. The lowest BCUT2D eigenvalue weighted by Crippen LogP contribution is -2.11. The lowest BCUT2D eigenvalue weighted by atomic mass is 10.0. The summed E-state index contributed by atoms with van der Waals surface area (Å²) in [5.41, 5.74) is 0.416. The third-order valence-corrected chi connectivity index (χ3v) is 3.44. The van der Waals surface area contributed by atoms with Crippen molar-refractivity contribution in [2.45, 2.75) is 26.4 Å². The summed E-state index contributed by atoms with van der Waals surface area (Å²) < 4.78 is 42.5. The van der Waals surface area contributed by atoms with Crippen LogP contribution < -0.4 is 5.63 Å². The van der Waals surface area contributed by atoms with Crippen molar-refractivity contribution in [1.29, 1.82) is 0 Å². The highest BCUT2D eigenvalue weighted by molar-refractivity contribution is 6.04. The van der Waals surface area contributed by atoms with Gasteiger partial charge in [0.2, 0.25) is 0 Å². The fourth-order valence-corrected chi connectivity index (χ4v) is 2.46. The van der Waals surface area contributed by atoms with Crippen molar-refractivity contribution in [2.75, 3.05) is 0 Å². The first-order chi connectivity index (χ1) is 13.4. The van der Waals surface area contributed by atoms with Gasteiger partial charge in [0.15, 0.2) is 0 Å². The molecule has 150 valence electrons. The molecule has 3 aromatic rings. The molecule has 4 nitrogen and oxygen atoms in total. The van der Waals surface area contributed by atoms with Crippen LogP contribution in [0.15, 0.2) is 52.2 Å². The van der Waals surface area contributed by atoms with Crippen LogP contribution >= 0.6 is 0 Å². The van der Waals surface area contributed by atoms with Gasteiger partial charge in [0.1, 0.15) is 19.2 Å². The number of carbonyl (C=O) groups is 2. The van der Waals surface area contributed by atoms with Gasteiger partial charge in [-0.2, -0.15) is 13.2 Å². The number of carbonyl (C=O) groups excluding carboxylic acids is 2. The molecule has 7 heteroatoms. The number of fused-ring (bicyclic) bond motifs is 3. The molecule has 0 fully saturated rings. The van der Waals surface area contributed by atoms with E-state index in [0.717, 1.165) is 5.56 Å². The maximum atomic E-state index is 12.5. The molecule has 0 bridgehead atoms. The summed E-state index contributed by atoms with van der Waals surface area (Å²) in [7, 11) is 0. The van der Waals surface area contributed by atoms with E-state index in [1.54, 1.807) is 30.3 Å². The summed E-state index contributed by atoms with van der Waals surface area (Å²) >= 11 is 0. The number of halogens is 3. The van der Waals surface area contributed by atoms with Crippen molar-refractivity contribution in [3.05, 3.63) is 64.5 Å². The molecule has 0 amide bonds. The normalized spacial score (nSPS) is 9.89. The van der Waals surface area contributed by atoms with Crippen LogP contribution in [0, 0.1) is 0 Å². The molecule has 1 heterocycles. The quantitative estimate of drug-likeness (QED) is 0.434. The van der Waals surface area contributed by atoms with Crippen LogP contribution in [0.2, 0.25) is 0 Å². The first kappa shape index (κ1) is 24.8. The van der Waals surface area contributed by atoms with E-state index in [-0.39, 0.29) is 11.1 Å². The highest BCUT2D eigenvalue weighted by Gasteiger charge is 2.27. The Labute approximate surface area is 160 Å². The van der Waals surface area contributed by atoms with Crippen molar-refractivity contribution in [3.8, 4) is 0 Å². The molecular weight excluding hydrogens is 373 g/mol. The second kappa shape index (κ2) is 11.5. The van der Waals surface area contributed by atoms with Gasteiger partial charge in [0, 0.05) is 5.39 Å². The first-order valence-corrected chi connectivity index (χ1v) is 8.14. The SMILES string of the molecule is C=Cc1ccc2c(c1)c(=O)oc1cc(CC(F)(F)F)ccc12.C=O.C=O.CC. The molecular formula is C21H21F3O4. The van der Waals surface area contributed by atoms with E-state index in [2.05, 4.69) is 6.58 Å². The third kappa shape index (κ3) is 6.19. The predicted octanol–water partition coefficient (Wildman–Crippen LogP) is 5.35. The number of benzene rings is 2. The molecule has 0 atom stereocenters. The van der Waals surface area contributed by atoms with E-state index in [1.807, 2.05) is 27.4 Å². The average molecular weight is 394 g/mol. The van der Waals surface area contributed by atoms with Crippen LogP contribution in [0.4, 0.5) is 13.2 Å². The van der Waals surface area contributed by atoms with E-state index in [4.69, 9.17) is 14.0 Å². The van der Waals surface area contributed by atoms with Crippen molar-refractivity contribution < 1.29 is 27.2 Å². The summed E-state index contributed by atoms with van der Waals surface area (Å²) in [6.07, 6.45) is -3.75. The number of hydrogen-bond donors (Lipinski definition) is 0. The fourth-order valence-electron chi connectivity index (χ4n) is 2.46. The molecule has 0 saturated heterocycles. The first-order valence-electron chi connectivity index (χ1n) is 8.14. The summed E-state index contributed by atoms with van der Waals surface area (Å²) in [5, 5.41) is 1.64. The molecule has 2 aromatic carbocycles. The van der Waals surface area contributed by atoms with Crippen molar-refractivity contribution in [2.24, 2.45) is 0 Å². The predicted molar refractivity (Wildman–Crippen MR) is 105 cm³/mol. The summed E-state index contributed by atoms with van der Waals surface area (Å²) in [6, 6.07) is 9.40. The monoisotopic (exact) mass is 394 g/mol. The van der Waals surface area contributed by atoms with E-state index in [0.29, 0.717) is 16.2 Å². The number of hydrogen-bond acceptors (Lipinski definition) is 4. The molecule has 0 saturated carbocycles. The van der Waals surface area contributed by atoms with E-state index in [1.165, 1.54) is 12.1 Å². The second-order valence-corrected chi connectivity index (χ2v) is 5.02. The maximum Gasteiger partial charge on any atom is 0.393 e. The topological polar surface area (TPSA) is 64.3 Å². The van der Waals surface area contributed by atoms with Crippen LogP contribution in [0.3, 0.4) is 0 Å². The molecule has 0 aliphatic carbocycles. The van der Waals surface area contributed by atoms with Gasteiger partial charge in [-0.15, -0.1) is 0 Å². The van der Waals surface area contributed by atoms with Gasteiger partial charge >= 0.3 is 11.8 Å². The Morgan fingerprint density at radius 3 is 2.04 bits per heavy atom. The minimum absolute atomic E-state index is 0.0604. The zero-order chi connectivity index (χ0) is 21.9. The largest absolute Gasteiger partial charge is 0.422 e. The Kier molecular flexibility index (Phi) is 10.2. The maximum absolute atomic E-state index is 12.5. The summed E-state index contributed by atoms with van der Waals surface area (Å²) in [4.78, 5) is 28.0. The van der Waals surface area contributed by atoms with E-state index in [9.17, 15) is 18.0 Å². The zero-order valence-corrected chi connectivity index (χ0v) is 15.6. The van der Waals surface area contributed by atoms with Crippen LogP contribution in [-0.4, -0.2) is 19.8 Å². The van der Waals surface area contributed by atoms with Crippen LogP contribution in [0.5, 0.6) is 0 Å². The summed E-state index contributed by atoms with van der Waals surface area (Å²) in [5.74, 6) is 0. The highest BCUT2D eigenvalue weighted by atomic mass is 19.4. The van der Waals surface area contributed by atoms with Crippen molar-refractivity contribution in [3.63, 3.8) is 0 Å². The third-order valence-electron chi connectivity index (χ3n) is 3.44. The van der Waals surface area contributed by atoms with Crippen molar-refractivity contribution >= 4 is 41.4 Å². The van der Waals surface area contributed by atoms with E-state index >= 15 is 0 Å². The van der Waals surface area contributed by atoms with Gasteiger partial charge in [-0.25, -0.2) is 4.79 Å².